The zero-order valence-electron chi connectivity index (χ0n) is 19.5. The van der Waals surface area contributed by atoms with Crippen LogP contribution >= 0.6 is 0 Å². The maximum Gasteiger partial charge on any atom is 0.223 e. The molecule has 0 radical (unpaired) electrons. The molecule has 0 unspecified atom stereocenters. The van der Waals surface area contributed by atoms with Gasteiger partial charge in [-0.15, -0.1) is 0 Å². The van der Waals surface area contributed by atoms with Crippen molar-refractivity contribution >= 4 is 5.91 Å². The maximum atomic E-state index is 13.2. The molecule has 1 aromatic carbocycles. The third-order valence-electron chi connectivity index (χ3n) is 10.1. The number of carbonyl (C=O) groups is 1. The normalized spacial score (nSPS) is 44.1. The van der Waals surface area contributed by atoms with Gasteiger partial charge in [0, 0.05) is 12.5 Å². The van der Waals surface area contributed by atoms with Crippen molar-refractivity contribution in [2.24, 2.45) is 40.9 Å². The highest BCUT2D eigenvalue weighted by Crippen LogP contribution is 2.64. The number of rotatable bonds is 4. The lowest BCUT2D eigenvalue weighted by Crippen LogP contribution is -2.51. The molecule has 3 heteroatoms. The molecule has 4 saturated carbocycles. The summed E-state index contributed by atoms with van der Waals surface area (Å²) in [7, 11) is 0. The molecule has 1 aromatic rings. The number of hydrogen-bond acceptors (Lipinski definition) is 2. The van der Waals surface area contributed by atoms with Gasteiger partial charge in [0.25, 0.3) is 0 Å². The van der Waals surface area contributed by atoms with Crippen molar-refractivity contribution in [2.45, 2.75) is 83.7 Å². The van der Waals surface area contributed by atoms with Gasteiger partial charge in [0.15, 0.2) is 0 Å². The second-order valence-corrected chi connectivity index (χ2v) is 11.9. The van der Waals surface area contributed by atoms with E-state index in [1.807, 2.05) is 13.0 Å². The molecule has 170 valence electrons. The summed E-state index contributed by atoms with van der Waals surface area (Å²) in [6, 6.07) is 10.5. The number of benzene rings is 1. The summed E-state index contributed by atoms with van der Waals surface area (Å²) in [5.41, 5.74) is 1.04. The first-order valence-corrected chi connectivity index (χ1v) is 12.9. The number of amides is 1. The van der Waals surface area contributed by atoms with Gasteiger partial charge in [-0.3, -0.25) is 4.79 Å². The fraction of sp³-hybridized carbons (Fsp3) is 0.750. The highest BCUT2D eigenvalue weighted by Gasteiger charge is 2.58. The summed E-state index contributed by atoms with van der Waals surface area (Å²) < 4.78 is 0. The predicted molar refractivity (Wildman–Crippen MR) is 124 cm³/mol. The molecule has 0 bridgehead atoms. The second kappa shape index (κ2) is 8.21. The molecule has 4 aliphatic carbocycles. The molecule has 5 rings (SSSR count). The van der Waals surface area contributed by atoms with Gasteiger partial charge in [-0.1, -0.05) is 37.3 Å². The summed E-state index contributed by atoms with van der Waals surface area (Å²) >= 11 is 0. The van der Waals surface area contributed by atoms with Crippen LogP contribution in [0.2, 0.25) is 0 Å². The average Bonchev–Trinajstić information content (AvgIpc) is 3.11. The quantitative estimate of drug-likeness (QED) is 0.684. The van der Waals surface area contributed by atoms with E-state index in [9.17, 15) is 9.90 Å². The zero-order valence-corrected chi connectivity index (χ0v) is 19.5. The lowest BCUT2D eigenvalue weighted by molar-refractivity contribution is -0.134. The van der Waals surface area contributed by atoms with Crippen LogP contribution in [0.3, 0.4) is 0 Å². The van der Waals surface area contributed by atoms with Crippen LogP contribution in [0, 0.1) is 40.9 Å². The third kappa shape index (κ3) is 3.96. The van der Waals surface area contributed by atoms with Gasteiger partial charge >= 0.3 is 0 Å². The predicted octanol–water partition coefficient (Wildman–Crippen LogP) is 5.37. The van der Waals surface area contributed by atoms with Crippen molar-refractivity contribution < 1.29 is 9.90 Å². The van der Waals surface area contributed by atoms with E-state index in [1.165, 1.54) is 44.1 Å². The molecule has 0 aromatic heterocycles. The van der Waals surface area contributed by atoms with Gasteiger partial charge in [-0.05, 0) is 112 Å². The molecular weight excluding hydrogens is 382 g/mol. The van der Waals surface area contributed by atoms with E-state index in [1.54, 1.807) is 0 Å². The minimum Gasteiger partial charge on any atom is -0.390 e. The van der Waals surface area contributed by atoms with Gasteiger partial charge in [-0.25, -0.2) is 0 Å². The van der Waals surface area contributed by atoms with Crippen molar-refractivity contribution in [2.75, 3.05) is 6.54 Å². The summed E-state index contributed by atoms with van der Waals surface area (Å²) in [5, 5.41) is 13.9. The summed E-state index contributed by atoms with van der Waals surface area (Å²) in [6.45, 7) is 5.24. The standard InChI is InChI=1S/C28H41NO2/c1-27(31)15-12-21-20(18-27)8-9-23-22(21)13-16-28(2)24(23)10-11-25(28)26(30)29-17-14-19-6-4-3-5-7-19/h3-7,20-25,31H,8-18H2,1-2H3,(H,29,30)/t20-,21+,22-,23-,24+,25-,27-,28+/m1/s1. The second-order valence-electron chi connectivity index (χ2n) is 11.9. The van der Waals surface area contributed by atoms with Crippen molar-refractivity contribution in [3.8, 4) is 0 Å². The van der Waals surface area contributed by atoms with Crippen LogP contribution in [0.25, 0.3) is 0 Å². The van der Waals surface area contributed by atoms with E-state index in [4.69, 9.17) is 0 Å². The molecule has 31 heavy (non-hydrogen) atoms. The topological polar surface area (TPSA) is 49.3 Å². The SMILES string of the molecule is C[C@@]1(O)CC[C@H]2[C@H](CC[C@@H]3[C@@H]2CC[C@]2(C)[C@@H](C(=O)NCCc4ccccc4)CC[C@@H]32)C1. The van der Waals surface area contributed by atoms with E-state index >= 15 is 0 Å². The first kappa shape index (κ1) is 21.5. The van der Waals surface area contributed by atoms with E-state index in [0.717, 1.165) is 61.8 Å². The van der Waals surface area contributed by atoms with Crippen LogP contribution in [0.15, 0.2) is 30.3 Å². The van der Waals surface area contributed by atoms with Gasteiger partial charge in [0.05, 0.1) is 5.60 Å². The number of fused-ring (bicyclic) bond motifs is 5. The van der Waals surface area contributed by atoms with Crippen LogP contribution in [0.1, 0.15) is 77.2 Å². The molecule has 0 saturated heterocycles. The van der Waals surface area contributed by atoms with Crippen LogP contribution in [0.5, 0.6) is 0 Å². The first-order chi connectivity index (χ1) is 14.9. The molecule has 0 heterocycles. The molecular formula is C28H41NO2. The average molecular weight is 424 g/mol. The Morgan fingerprint density at radius 1 is 0.968 bits per heavy atom. The summed E-state index contributed by atoms with van der Waals surface area (Å²) in [4.78, 5) is 13.2. The van der Waals surface area contributed by atoms with Crippen molar-refractivity contribution in [3.05, 3.63) is 35.9 Å². The van der Waals surface area contributed by atoms with Crippen molar-refractivity contribution in [1.29, 1.82) is 0 Å². The van der Waals surface area contributed by atoms with Gasteiger partial charge in [-0.2, -0.15) is 0 Å². The molecule has 0 spiro atoms. The number of aliphatic hydroxyl groups is 1. The van der Waals surface area contributed by atoms with E-state index in [0.29, 0.717) is 5.91 Å². The Morgan fingerprint density at radius 2 is 1.74 bits per heavy atom. The first-order valence-electron chi connectivity index (χ1n) is 12.9. The number of hydrogen-bond donors (Lipinski definition) is 2. The maximum absolute atomic E-state index is 13.2. The van der Waals surface area contributed by atoms with Crippen LogP contribution in [0.4, 0.5) is 0 Å². The Hall–Kier alpha value is -1.35. The Bertz CT molecular complexity index is 789. The lowest BCUT2D eigenvalue weighted by Gasteiger charge is -2.56. The molecule has 2 N–H and O–H groups in total. The Morgan fingerprint density at radius 3 is 2.55 bits per heavy atom. The lowest BCUT2D eigenvalue weighted by atomic mass is 9.49. The Labute approximate surface area is 188 Å². The fourth-order valence-electron chi connectivity index (χ4n) is 8.61. The molecule has 8 atom stereocenters. The summed E-state index contributed by atoms with van der Waals surface area (Å²) in [6.07, 6.45) is 11.6. The monoisotopic (exact) mass is 423 g/mol. The molecule has 4 fully saturated rings. The third-order valence-corrected chi connectivity index (χ3v) is 10.1. The minimum absolute atomic E-state index is 0.186. The van der Waals surface area contributed by atoms with Crippen LogP contribution < -0.4 is 5.32 Å². The van der Waals surface area contributed by atoms with E-state index in [2.05, 4.69) is 36.5 Å². The van der Waals surface area contributed by atoms with Gasteiger partial charge in [0.1, 0.15) is 0 Å². The highest BCUT2D eigenvalue weighted by molar-refractivity contribution is 5.80. The zero-order chi connectivity index (χ0) is 21.6. The molecule has 1 amide bonds. The van der Waals surface area contributed by atoms with Crippen molar-refractivity contribution in [1.82, 2.24) is 5.32 Å². The fourth-order valence-corrected chi connectivity index (χ4v) is 8.61. The Kier molecular flexibility index (Phi) is 5.69. The van der Waals surface area contributed by atoms with Crippen molar-refractivity contribution in [3.63, 3.8) is 0 Å². The minimum atomic E-state index is -0.437. The molecule has 3 nitrogen and oxygen atoms in total. The van der Waals surface area contributed by atoms with Gasteiger partial charge < -0.3 is 10.4 Å². The molecule has 0 aliphatic heterocycles. The van der Waals surface area contributed by atoms with Gasteiger partial charge in [0.2, 0.25) is 5.91 Å². The number of nitrogens with one attached hydrogen (secondary N) is 1. The largest absolute Gasteiger partial charge is 0.390 e. The highest BCUT2D eigenvalue weighted by atomic mass is 16.3. The molecule has 4 aliphatic rings. The van der Waals surface area contributed by atoms with E-state index in [-0.39, 0.29) is 11.3 Å². The van der Waals surface area contributed by atoms with E-state index < -0.39 is 5.60 Å². The smallest absolute Gasteiger partial charge is 0.223 e. The number of carbonyl (C=O) groups excluding carboxylic acids is 1. The Balaban J connectivity index is 1.22. The van der Waals surface area contributed by atoms with Crippen LogP contribution in [-0.4, -0.2) is 23.2 Å². The van der Waals surface area contributed by atoms with Crippen LogP contribution in [-0.2, 0) is 11.2 Å². The summed E-state index contributed by atoms with van der Waals surface area (Å²) in [5.74, 6) is 4.42.